The van der Waals surface area contributed by atoms with Crippen molar-refractivity contribution < 1.29 is 30.6 Å². The molecule has 0 aliphatic heterocycles. The van der Waals surface area contributed by atoms with Gasteiger partial charge in [-0.1, -0.05) is 122 Å². The number of nitrogens with zero attached hydrogens (tertiary/aromatic N) is 2. The van der Waals surface area contributed by atoms with Crippen molar-refractivity contribution in [3.8, 4) is 0 Å². The van der Waals surface area contributed by atoms with Crippen LogP contribution in [0.2, 0.25) is 56.9 Å². The van der Waals surface area contributed by atoms with Crippen LogP contribution >= 0.6 is 0 Å². The Morgan fingerprint density at radius 3 is 1.59 bits per heavy atom. The van der Waals surface area contributed by atoms with Crippen LogP contribution in [-0.4, -0.2) is 31.4 Å². The number of benzene rings is 3. The maximum atomic E-state index is 6.32. The van der Waals surface area contributed by atoms with Crippen LogP contribution < -0.4 is 0 Å². The maximum Gasteiger partial charge on any atom is 4.00 e. The van der Waals surface area contributed by atoms with Gasteiger partial charge in [0.15, 0.2) is 8.32 Å². The zero-order valence-electron chi connectivity index (χ0n) is 26.5. The molecule has 1 aliphatic rings. The molecule has 3 aromatic rings. The predicted molar refractivity (Wildman–Crippen MR) is 183 cm³/mol. The van der Waals surface area contributed by atoms with Crippen LogP contribution in [0.3, 0.4) is 0 Å². The Bertz CT molecular complexity index is 1140. The minimum absolute atomic E-state index is 0. The van der Waals surface area contributed by atoms with E-state index in [2.05, 4.69) is 120 Å². The molecule has 0 amide bonds. The average Bonchev–Trinajstić information content (AvgIpc) is 3.22. The van der Waals surface area contributed by atoms with E-state index in [1.54, 1.807) is 5.92 Å². The van der Waals surface area contributed by atoms with Gasteiger partial charge in [0.1, 0.15) is 0 Å². The van der Waals surface area contributed by atoms with Crippen molar-refractivity contribution in [3.05, 3.63) is 119 Å². The van der Waals surface area contributed by atoms with Crippen LogP contribution in [0.5, 0.6) is 0 Å². The molecule has 3 nitrogen and oxygen atoms in total. The van der Waals surface area contributed by atoms with Crippen molar-refractivity contribution in [1.29, 1.82) is 0 Å². The van der Waals surface area contributed by atoms with E-state index >= 15 is 0 Å². The summed E-state index contributed by atoms with van der Waals surface area (Å²) in [6.07, 6.45) is 2.38. The molecule has 0 saturated heterocycles. The van der Waals surface area contributed by atoms with Crippen LogP contribution in [0, 0.1) is 18.8 Å². The standard InChI is InChI=1S/C27H43N2OSi3.C7H7.Zr/c1-22-26(32(5,6)28-24-15-11-9-12-16-24)21-23(19-20-30-31(2,3)4)27(22)33(7,8)29-25-17-13-10-14-18-25;1-7-5-3-2-4-6-7;/h9-18,23,26-27H,19-21H2,1-8H3;2-6H,1H2;/q-3;-1;+4. The van der Waals surface area contributed by atoms with Gasteiger partial charge < -0.3 is 20.3 Å². The summed E-state index contributed by atoms with van der Waals surface area (Å²) < 4.78 is 6.32. The number of hydrogen-bond donors (Lipinski definition) is 0. The van der Waals surface area contributed by atoms with E-state index in [1.165, 1.54) is 6.42 Å². The van der Waals surface area contributed by atoms with Crippen molar-refractivity contribution in [2.75, 3.05) is 6.61 Å². The first-order valence-electron chi connectivity index (χ1n) is 14.7. The fourth-order valence-corrected chi connectivity index (χ4v) is 14.1. The van der Waals surface area contributed by atoms with E-state index in [-0.39, 0.29) is 26.2 Å². The fraction of sp³-hybridized carbons (Fsp3) is 0.412. The van der Waals surface area contributed by atoms with Gasteiger partial charge in [-0.05, 0) is 26.1 Å². The second-order valence-electron chi connectivity index (χ2n) is 13.2. The van der Waals surface area contributed by atoms with Crippen LogP contribution in [0.4, 0.5) is 11.4 Å². The largest absolute Gasteiger partial charge is 4.00 e. The third-order valence-corrected chi connectivity index (χ3v) is 15.5. The SMILES string of the molecule is C[C-]1C([Si](C)(C)[N-]c2ccccc2)CC(CCO[Si](C)(C)C)C1[Si](C)(C)[N-]c1ccccc1.[CH2-]c1ccccc1.[Zr+4]. The Morgan fingerprint density at radius 1 is 0.732 bits per heavy atom. The molecule has 3 atom stereocenters. The Kier molecular flexibility index (Phi) is 13.9. The van der Waals surface area contributed by atoms with Crippen LogP contribution in [-0.2, 0) is 30.6 Å². The first kappa shape index (κ1) is 35.8. The third-order valence-electron chi connectivity index (χ3n) is 7.88. The third kappa shape index (κ3) is 11.3. The zero-order valence-corrected chi connectivity index (χ0v) is 32.0. The Balaban J connectivity index is 0.000000641. The van der Waals surface area contributed by atoms with E-state index in [4.69, 9.17) is 14.4 Å². The van der Waals surface area contributed by atoms with Gasteiger partial charge in [0.05, 0.1) is 0 Å². The molecule has 3 unspecified atom stereocenters. The Hall–Kier alpha value is -1.38. The first-order chi connectivity index (χ1) is 18.8. The molecular formula is C34H50N2OSi3Zr. The summed E-state index contributed by atoms with van der Waals surface area (Å²) in [7, 11) is -5.30. The first-order valence-corrected chi connectivity index (χ1v) is 24.1. The molecule has 1 saturated carbocycles. The van der Waals surface area contributed by atoms with E-state index in [1.807, 2.05) is 30.3 Å². The summed E-state index contributed by atoms with van der Waals surface area (Å²) in [5.41, 5.74) is 4.51. The van der Waals surface area contributed by atoms with Crippen molar-refractivity contribution in [1.82, 2.24) is 0 Å². The topological polar surface area (TPSA) is 37.4 Å². The van der Waals surface area contributed by atoms with Crippen LogP contribution in [0.15, 0.2) is 91.0 Å². The van der Waals surface area contributed by atoms with Crippen molar-refractivity contribution in [3.63, 3.8) is 0 Å². The van der Waals surface area contributed by atoms with Gasteiger partial charge in [-0.2, -0.15) is 42.6 Å². The average molecular weight is 678 g/mol. The van der Waals surface area contributed by atoms with Crippen LogP contribution in [0.1, 0.15) is 25.3 Å². The van der Waals surface area contributed by atoms with Crippen molar-refractivity contribution in [2.45, 2.75) is 76.7 Å². The quantitative estimate of drug-likeness (QED) is 0.155. The molecule has 0 bridgehead atoms. The second kappa shape index (κ2) is 15.9. The molecule has 1 aliphatic carbocycles. The smallest absolute Gasteiger partial charge is 0.688 e. The van der Waals surface area contributed by atoms with Gasteiger partial charge in [-0.3, -0.25) is 0 Å². The maximum absolute atomic E-state index is 6.32. The molecule has 41 heavy (non-hydrogen) atoms. The normalized spacial score (nSPS) is 19.5. The van der Waals surface area contributed by atoms with Crippen molar-refractivity contribution in [2.24, 2.45) is 5.92 Å². The van der Waals surface area contributed by atoms with Gasteiger partial charge in [0, 0.05) is 6.61 Å². The molecule has 4 rings (SSSR count). The molecule has 0 N–H and O–H groups in total. The van der Waals surface area contributed by atoms with Gasteiger partial charge in [0.25, 0.3) is 0 Å². The van der Waals surface area contributed by atoms with E-state index in [9.17, 15) is 0 Å². The summed E-state index contributed by atoms with van der Waals surface area (Å²) in [5, 5.41) is 0. The molecule has 7 heteroatoms. The molecule has 1 fully saturated rings. The molecule has 0 radical (unpaired) electrons. The molecule has 218 valence electrons. The van der Waals surface area contributed by atoms with Gasteiger partial charge in [-0.25, -0.2) is 0 Å². The zero-order chi connectivity index (χ0) is 29.4. The molecule has 0 aromatic heterocycles. The summed E-state index contributed by atoms with van der Waals surface area (Å²) in [6, 6.07) is 31.0. The van der Waals surface area contributed by atoms with Crippen molar-refractivity contribution >= 4 is 36.2 Å². The molecular weight excluding hydrogens is 628 g/mol. The Labute approximate surface area is 273 Å². The molecule has 3 aromatic carbocycles. The molecule has 0 heterocycles. The van der Waals surface area contributed by atoms with Crippen LogP contribution in [0.25, 0.3) is 9.96 Å². The fourth-order valence-electron chi connectivity index (χ4n) is 6.29. The summed E-state index contributed by atoms with van der Waals surface area (Å²) in [4.78, 5) is 10.8. The monoisotopic (exact) mass is 676 g/mol. The number of rotatable bonds is 10. The summed E-state index contributed by atoms with van der Waals surface area (Å²) in [6.45, 7) is 23.7. The van der Waals surface area contributed by atoms with E-state index in [0.717, 1.165) is 30.0 Å². The van der Waals surface area contributed by atoms with Gasteiger partial charge >= 0.3 is 26.2 Å². The number of hydrogen-bond acceptors (Lipinski definition) is 1. The Morgan fingerprint density at radius 2 is 1.17 bits per heavy atom. The van der Waals surface area contributed by atoms with E-state index < -0.39 is 24.8 Å². The summed E-state index contributed by atoms with van der Waals surface area (Å²) >= 11 is 0. The second-order valence-corrected chi connectivity index (χ2v) is 26.1. The molecule has 0 spiro atoms. The van der Waals surface area contributed by atoms with Gasteiger partial charge in [0.2, 0.25) is 0 Å². The van der Waals surface area contributed by atoms with Gasteiger partial charge in [-0.15, -0.1) is 23.5 Å². The predicted octanol–water partition coefficient (Wildman–Crippen LogP) is 11.3. The van der Waals surface area contributed by atoms with E-state index in [0.29, 0.717) is 17.0 Å². The summed E-state index contributed by atoms with van der Waals surface area (Å²) in [5.74, 6) is 2.30. The minimum atomic E-state index is -1.92. The minimum Gasteiger partial charge on any atom is -0.688 e.